The van der Waals surface area contributed by atoms with Gasteiger partial charge in [0.2, 0.25) is 5.91 Å². The molecule has 1 heterocycles. The Morgan fingerprint density at radius 2 is 2.20 bits per heavy atom. The highest BCUT2D eigenvalue weighted by Crippen LogP contribution is 2.13. The van der Waals surface area contributed by atoms with E-state index in [1.807, 2.05) is 55.1 Å². The zero-order chi connectivity index (χ0) is 14.5. The maximum atomic E-state index is 11.9. The van der Waals surface area contributed by atoms with E-state index in [9.17, 15) is 4.79 Å². The number of anilines is 1. The van der Waals surface area contributed by atoms with E-state index in [1.165, 1.54) is 0 Å². The lowest BCUT2D eigenvalue weighted by Crippen LogP contribution is -2.39. The van der Waals surface area contributed by atoms with E-state index in [2.05, 4.69) is 10.4 Å². The summed E-state index contributed by atoms with van der Waals surface area (Å²) in [5, 5.41) is 7.01. The monoisotopic (exact) mass is 272 g/mol. The fraction of sp³-hybridized carbons (Fsp3) is 0.333. The van der Waals surface area contributed by atoms with Gasteiger partial charge in [0.1, 0.15) is 0 Å². The third kappa shape index (κ3) is 3.68. The van der Waals surface area contributed by atoms with Gasteiger partial charge in [0, 0.05) is 18.1 Å². The minimum atomic E-state index is -0.496. The molecular weight excluding hydrogens is 252 g/mol. The van der Waals surface area contributed by atoms with Crippen molar-refractivity contribution in [2.24, 2.45) is 11.7 Å². The fourth-order valence-corrected chi connectivity index (χ4v) is 1.86. The Hall–Kier alpha value is -2.14. The molecule has 0 spiro atoms. The van der Waals surface area contributed by atoms with Crippen LogP contribution in [0, 0.1) is 5.92 Å². The van der Waals surface area contributed by atoms with E-state index in [0.29, 0.717) is 6.54 Å². The summed E-state index contributed by atoms with van der Waals surface area (Å²) < 4.78 is 1.83. The summed E-state index contributed by atoms with van der Waals surface area (Å²) in [7, 11) is 0. The van der Waals surface area contributed by atoms with Crippen molar-refractivity contribution in [3.05, 3.63) is 48.3 Å². The second-order valence-corrected chi connectivity index (χ2v) is 5.16. The Labute approximate surface area is 118 Å². The normalized spacial score (nSPS) is 12.4. The van der Waals surface area contributed by atoms with Gasteiger partial charge in [0.15, 0.2) is 0 Å². The predicted molar refractivity (Wildman–Crippen MR) is 79.2 cm³/mol. The van der Waals surface area contributed by atoms with E-state index >= 15 is 0 Å². The van der Waals surface area contributed by atoms with Crippen LogP contribution in [-0.4, -0.2) is 21.7 Å². The molecule has 0 aliphatic heterocycles. The van der Waals surface area contributed by atoms with Crippen molar-refractivity contribution < 1.29 is 4.79 Å². The lowest BCUT2D eigenvalue weighted by atomic mass is 10.0. The average Bonchev–Trinajstić information content (AvgIpc) is 2.91. The van der Waals surface area contributed by atoms with Crippen LogP contribution in [0.3, 0.4) is 0 Å². The molecular formula is C15H20N4O. The van der Waals surface area contributed by atoms with Crippen LogP contribution in [0.15, 0.2) is 42.7 Å². The minimum absolute atomic E-state index is 0.113. The van der Waals surface area contributed by atoms with Gasteiger partial charge in [-0.15, -0.1) is 0 Å². The summed E-state index contributed by atoms with van der Waals surface area (Å²) in [6.07, 6.45) is 3.65. The van der Waals surface area contributed by atoms with Crippen LogP contribution in [0.1, 0.15) is 19.4 Å². The van der Waals surface area contributed by atoms with Crippen molar-refractivity contribution >= 4 is 11.6 Å². The Morgan fingerprint density at radius 3 is 2.85 bits per heavy atom. The van der Waals surface area contributed by atoms with Crippen molar-refractivity contribution in [2.75, 3.05) is 5.32 Å². The number of hydrogen-bond donors (Lipinski definition) is 2. The quantitative estimate of drug-likeness (QED) is 0.872. The first kappa shape index (κ1) is 14.3. The molecule has 0 fully saturated rings. The highest BCUT2D eigenvalue weighted by molar-refractivity contribution is 5.94. The Bertz CT molecular complexity index is 563. The van der Waals surface area contributed by atoms with Crippen LogP contribution in [0.2, 0.25) is 0 Å². The van der Waals surface area contributed by atoms with Gasteiger partial charge in [0.25, 0.3) is 0 Å². The second kappa shape index (κ2) is 6.34. The van der Waals surface area contributed by atoms with Crippen LogP contribution in [0.25, 0.3) is 0 Å². The van der Waals surface area contributed by atoms with E-state index < -0.39 is 6.04 Å². The molecule has 0 saturated heterocycles. The molecule has 0 aliphatic rings. The third-order valence-electron chi connectivity index (χ3n) is 3.12. The van der Waals surface area contributed by atoms with E-state index in [4.69, 9.17) is 5.73 Å². The van der Waals surface area contributed by atoms with Crippen molar-refractivity contribution in [1.29, 1.82) is 0 Å². The zero-order valence-electron chi connectivity index (χ0n) is 11.8. The summed E-state index contributed by atoms with van der Waals surface area (Å²) in [4.78, 5) is 11.9. The molecule has 20 heavy (non-hydrogen) atoms. The molecule has 0 aliphatic carbocycles. The van der Waals surface area contributed by atoms with Crippen LogP contribution in [0.5, 0.6) is 0 Å². The van der Waals surface area contributed by atoms with Gasteiger partial charge in [-0.1, -0.05) is 26.0 Å². The molecule has 2 aromatic rings. The van der Waals surface area contributed by atoms with Gasteiger partial charge < -0.3 is 11.1 Å². The van der Waals surface area contributed by atoms with Gasteiger partial charge in [-0.3, -0.25) is 9.48 Å². The summed E-state index contributed by atoms with van der Waals surface area (Å²) in [6, 6.07) is 9.09. The van der Waals surface area contributed by atoms with Crippen LogP contribution in [-0.2, 0) is 11.3 Å². The van der Waals surface area contributed by atoms with Crippen LogP contribution in [0.4, 0.5) is 5.69 Å². The zero-order valence-corrected chi connectivity index (χ0v) is 11.8. The molecule has 5 nitrogen and oxygen atoms in total. The number of nitrogens with zero attached hydrogens (tertiary/aromatic N) is 2. The highest BCUT2D eigenvalue weighted by Gasteiger charge is 2.17. The first-order chi connectivity index (χ1) is 9.56. The number of carbonyl (C=O) groups excluding carboxylic acids is 1. The van der Waals surface area contributed by atoms with Gasteiger partial charge in [-0.2, -0.15) is 5.10 Å². The molecule has 1 aromatic carbocycles. The van der Waals surface area contributed by atoms with E-state index in [0.717, 1.165) is 11.3 Å². The predicted octanol–water partition coefficient (Wildman–Crippen LogP) is 1.85. The van der Waals surface area contributed by atoms with Crippen molar-refractivity contribution in [2.45, 2.75) is 26.4 Å². The van der Waals surface area contributed by atoms with Crippen molar-refractivity contribution in [1.82, 2.24) is 9.78 Å². The minimum Gasteiger partial charge on any atom is -0.325 e. The van der Waals surface area contributed by atoms with Crippen molar-refractivity contribution in [3.8, 4) is 0 Å². The van der Waals surface area contributed by atoms with Crippen LogP contribution >= 0.6 is 0 Å². The number of aromatic nitrogens is 2. The molecule has 1 aromatic heterocycles. The summed E-state index contributed by atoms with van der Waals surface area (Å²) in [5.41, 5.74) is 7.66. The topological polar surface area (TPSA) is 72.9 Å². The lowest BCUT2D eigenvalue weighted by Gasteiger charge is -2.15. The van der Waals surface area contributed by atoms with Crippen LogP contribution < -0.4 is 11.1 Å². The number of hydrogen-bond acceptors (Lipinski definition) is 3. The molecule has 0 unspecified atom stereocenters. The summed E-state index contributed by atoms with van der Waals surface area (Å²) in [6.45, 7) is 4.53. The maximum Gasteiger partial charge on any atom is 0.241 e. The third-order valence-corrected chi connectivity index (χ3v) is 3.12. The average molecular weight is 272 g/mol. The summed E-state index contributed by atoms with van der Waals surface area (Å²) >= 11 is 0. The Kier molecular flexibility index (Phi) is 4.53. The van der Waals surface area contributed by atoms with E-state index in [1.54, 1.807) is 6.20 Å². The largest absolute Gasteiger partial charge is 0.325 e. The molecule has 5 heteroatoms. The smallest absolute Gasteiger partial charge is 0.241 e. The molecule has 0 radical (unpaired) electrons. The number of rotatable bonds is 5. The lowest BCUT2D eigenvalue weighted by molar-refractivity contribution is -0.118. The molecule has 2 rings (SSSR count). The molecule has 0 saturated carbocycles. The standard InChI is InChI=1S/C15H20N4O/c1-11(2)14(16)15(20)18-13-6-3-5-12(9-13)10-19-8-4-7-17-19/h3-9,11,14H,10,16H2,1-2H3,(H,18,20)/t14-/m0/s1. The number of benzene rings is 1. The number of amides is 1. The highest BCUT2D eigenvalue weighted by atomic mass is 16.2. The molecule has 3 N–H and O–H groups in total. The molecule has 0 bridgehead atoms. The van der Waals surface area contributed by atoms with Gasteiger partial charge in [-0.05, 0) is 29.7 Å². The Balaban J connectivity index is 2.04. The first-order valence-electron chi connectivity index (χ1n) is 6.69. The molecule has 1 amide bonds. The van der Waals surface area contributed by atoms with Crippen molar-refractivity contribution in [3.63, 3.8) is 0 Å². The van der Waals surface area contributed by atoms with Gasteiger partial charge >= 0.3 is 0 Å². The SMILES string of the molecule is CC(C)[C@H](N)C(=O)Nc1cccc(Cn2cccn2)c1. The molecule has 1 atom stereocenters. The second-order valence-electron chi connectivity index (χ2n) is 5.16. The number of nitrogens with two attached hydrogens (primary N) is 1. The summed E-state index contributed by atoms with van der Waals surface area (Å²) in [5.74, 6) is -0.0431. The Morgan fingerprint density at radius 1 is 1.40 bits per heavy atom. The van der Waals surface area contributed by atoms with E-state index in [-0.39, 0.29) is 11.8 Å². The number of nitrogens with one attached hydrogen (secondary N) is 1. The van der Waals surface area contributed by atoms with Gasteiger partial charge in [0.05, 0.1) is 12.6 Å². The van der Waals surface area contributed by atoms with Gasteiger partial charge in [-0.25, -0.2) is 0 Å². The first-order valence-corrected chi connectivity index (χ1v) is 6.69. The fourth-order valence-electron chi connectivity index (χ4n) is 1.86. The number of carbonyl (C=O) groups is 1. The maximum absolute atomic E-state index is 11.9. The molecule has 106 valence electrons.